The van der Waals surface area contributed by atoms with Crippen LogP contribution in [0.1, 0.15) is 26.2 Å². The molecule has 0 heterocycles. The van der Waals surface area contributed by atoms with Gasteiger partial charge in [0.05, 0.1) is 0 Å². The average molecular weight is 277 g/mol. The number of carbonyl (C=O) groups is 1. The fourth-order valence-corrected chi connectivity index (χ4v) is 1.16. The van der Waals surface area contributed by atoms with E-state index in [4.69, 9.17) is 5.11 Å². The minimum absolute atomic E-state index is 0.209. The molecule has 4 heteroatoms. The van der Waals surface area contributed by atoms with Crippen molar-refractivity contribution in [1.29, 1.82) is 0 Å². The van der Waals surface area contributed by atoms with Crippen molar-refractivity contribution in [3.63, 3.8) is 0 Å². The molecule has 1 aromatic rings. The van der Waals surface area contributed by atoms with Crippen molar-refractivity contribution in [2.24, 2.45) is 0 Å². The van der Waals surface area contributed by atoms with Crippen LogP contribution in [-0.2, 0) is 4.79 Å². The summed E-state index contributed by atoms with van der Waals surface area (Å²) in [5.41, 5.74) is 0. The molecule has 1 aromatic carbocycles. The van der Waals surface area contributed by atoms with Crippen molar-refractivity contribution >= 4 is 21.9 Å². The topological polar surface area (TPSA) is 37.3 Å². The Kier molecular flexibility index (Phi) is 7.91. The highest BCUT2D eigenvalue weighted by Gasteiger charge is 1.90. The molecular weight excluding hydrogens is 263 g/mol. The summed E-state index contributed by atoms with van der Waals surface area (Å²) >= 11 is 3.12. The van der Waals surface area contributed by atoms with E-state index < -0.39 is 5.97 Å². The van der Waals surface area contributed by atoms with E-state index in [0.29, 0.717) is 6.42 Å². The Labute approximate surface area is 97.3 Å². The SMILES string of the molecule is CCCCC(=O)O.Fc1cccc(Br)c1. The van der Waals surface area contributed by atoms with Crippen molar-refractivity contribution in [2.75, 3.05) is 0 Å². The number of carboxylic acids is 1. The largest absolute Gasteiger partial charge is 0.481 e. The second-order valence-corrected chi connectivity index (χ2v) is 3.85. The van der Waals surface area contributed by atoms with Gasteiger partial charge in [-0.15, -0.1) is 0 Å². The van der Waals surface area contributed by atoms with Crippen LogP contribution in [0.4, 0.5) is 4.39 Å². The van der Waals surface area contributed by atoms with E-state index in [1.807, 2.05) is 6.92 Å². The van der Waals surface area contributed by atoms with Crippen LogP contribution >= 0.6 is 15.9 Å². The Hall–Kier alpha value is -0.900. The van der Waals surface area contributed by atoms with Crippen molar-refractivity contribution < 1.29 is 14.3 Å². The van der Waals surface area contributed by atoms with Crippen LogP contribution in [0, 0.1) is 5.82 Å². The summed E-state index contributed by atoms with van der Waals surface area (Å²) in [6, 6.07) is 6.26. The van der Waals surface area contributed by atoms with E-state index in [0.717, 1.165) is 17.3 Å². The minimum atomic E-state index is -0.693. The lowest BCUT2D eigenvalue weighted by Gasteiger charge is -1.85. The van der Waals surface area contributed by atoms with E-state index in [-0.39, 0.29) is 5.82 Å². The summed E-state index contributed by atoms with van der Waals surface area (Å²) in [5, 5.41) is 8.04. The van der Waals surface area contributed by atoms with Crippen LogP contribution in [0.3, 0.4) is 0 Å². The van der Waals surface area contributed by atoms with E-state index in [9.17, 15) is 9.18 Å². The summed E-state index contributed by atoms with van der Waals surface area (Å²) < 4.78 is 12.9. The van der Waals surface area contributed by atoms with Crippen molar-refractivity contribution in [1.82, 2.24) is 0 Å². The second kappa shape index (κ2) is 8.41. The Morgan fingerprint density at radius 1 is 1.53 bits per heavy atom. The highest BCUT2D eigenvalue weighted by atomic mass is 79.9. The molecule has 0 aliphatic heterocycles. The fourth-order valence-electron chi connectivity index (χ4n) is 0.788. The summed E-state index contributed by atoms with van der Waals surface area (Å²) in [6.45, 7) is 1.98. The molecule has 0 saturated heterocycles. The first-order valence-corrected chi connectivity index (χ1v) is 5.48. The summed E-state index contributed by atoms with van der Waals surface area (Å²) in [6.07, 6.45) is 2.08. The van der Waals surface area contributed by atoms with E-state index >= 15 is 0 Å². The molecule has 0 atom stereocenters. The lowest BCUT2D eigenvalue weighted by Crippen LogP contribution is -1.91. The predicted molar refractivity (Wildman–Crippen MR) is 61.3 cm³/mol. The summed E-state index contributed by atoms with van der Waals surface area (Å²) in [4.78, 5) is 9.76. The van der Waals surface area contributed by atoms with Gasteiger partial charge in [0.2, 0.25) is 0 Å². The number of hydrogen-bond donors (Lipinski definition) is 1. The number of halogens is 2. The first kappa shape index (κ1) is 14.1. The van der Waals surface area contributed by atoms with Gasteiger partial charge in [0.25, 0.3) is 0 Å². The van der Waals surface area contributed by atoms with Crippen molar-refractivity contribution in [3.05, 3.63) is 34.6 Å². The maximum Gasteiger partial charge on any atom is 0.303 e. The first-order valence-electron chi connectivity index (χ1n) is 4.69. The lowest BCUT2D eigenvalue weighted by molar-refractivity contribution is -0.137. The molecular formula is C11H14BrFO2. The van der Waals surface area contributed by atoms with E-state index in [1.165, 1.54) is 12.1 Å². The normalized spacial score (nSPS) is 9.00. The molecule has 0 aliphatic rings. The van der Waals surface area contributed by atoms with Gasteiger partial charge in [-0.2, -0.15) is 0 Å². The van der Waals surface area contributed by atoms with Gasteiger partial charge in [-0.3, -0.25) is 4.79 Å². The summed E-state index contributed by atoms with van der Waals surface area (Å²) in [5.74, 6) is -0.902. The van der Waals surface area contributed by atoms with Gasteiger partial charge < -0.3 is 5.11 Å². The molecule has 0 unspecified atom stereocenters. The molecule has 2 nitrogen and oxygen atoms in total. The Bertz CT molecular complexity index is 285. The maximum absolute atomic E-state index is 12.1. The van der Waals surface area contributed by atoms with Gasteiger partial charge in [0, 0.05) is 10.9 Å². The zero-order chi connectivity index (χ0) is 11.7. The van der Waals surface area contributed by atoms with Gasteiger partial charge in [-0.05, 0) is 24.6 Å². The molecule has 84 valence electrons. The molecule has 0 saturated carbocycles. The maximum atomic E-state index is 12.1. The molecule has 0 fully saturated rings. The smallest absolute Gasteiger partial charge is 0.303 e. The zero-order valence-corrected chi connectivity index (χ0v) is 10.1. The highest BCUT2D eigenvalue weighted by Crippen LogP contribution is 2.09. The Morgan fingerprint density at radius 2 is 2.20 bits per heavy atom. The molecule has 1 N–H and O–H groups in total. The molecule has 15 heavy (non-hydrogen) atoms. The summed E-state index contributed by atoms with van der Waals surface area (Å²) in [7, 11) is 0. The number of carboxylic acid groups (broad SMARTS) is 1. The van der Waals surface area contributed by atoms with Crippen LogP contribution in [0.2, 0.25) is 0 Å². The molecule has 1 rings (SSSR count). The minimum Gasteiger partial charge on any atom is -0.481 e. The first-order chi connectivity index (χ1) is 7.06. The molecule has 0 amide bonds. The van der Waals surface area contributed by atoms with Crippen LogP contribution in [0.15, 0.2) is 28.7 Å². The number of benzene rings is 1. The second-order valence-electron chi connectivity index (χ2n) is 2.94. The third-order valence-electron chi connectivity index (χ3n) is 1.53. The molecule has 0 aliphatic carbocycles. The highest BCUT2D eigenvalue weighted by molar-refractivity contribution is 9.10. The number of hydrogen-bond acceptors (Lipinski definition) is 1. The average Bonchev–Trinajstić information content (AvgIpc) is 2.15. The van der Waals surface area contributed by atoms with E-state index in [2.05, 4.69) is 15.9 Å². The third-order valence-corrected chi connectivity index (χ3v) is 2.02. The predicted octanol–water partition coefficient (Wildman–Crippen LogP) is 3.85. The molecule has 0 radical (unpaired) electrons. The molecule has 0 spiro atoms. The van der Waals surface area contributed by atoms with Crippen LogP contribution < -0.4 is 0 Å². The van der Waals surface area contributed by atoms with Gasteiger partial charge in [0.1, 0.15) is 5.82 Å². The standard InChI is InChI=1S/C6H4BrF.C5H10O2/c7-5-2-1-3-6(8)4-5;1-2-3-4-5(6)7/h1-4H;2-4H2,1H3,(H,6,7). The van der Waals surface area contributed by atoms with Gasteiger partial charge in [0.15, 0.2) is 0 Å². The number of aliphatic carboxylic acids is 1. The monoisotopic (exact) mass is 276 g/mol. The molecule has 0 aromatic heterocycles. The number of rotatable bonds is 3. The van der Waals surface area contributed by atoms with E-state index in [1.54, 1.807) is 12.1 Å². The van der Waals surface area contributed by atoms with Crippen molar-refractivity contribution in [2.45, 2.75) is 26.2 Å². The number of unbranched alkanes of at least 4 members (excludes halogenated alkanes) is 1. The van der Waals surface area contributed by atoms with Gasteiger partial charge >= 0.3 is 5.97 Å². The third kappa shape index (κ3) is 9.41. The van der Waals surface area contributed by atoms with Gasteiger partial charge in [-0.25, -0.2) is 4.39 Å². The van der Waals surface area contributed by atoms with Crippen LogP contribution in [0.5, 0.6) is 0 Å². The Balaban J connectivity index is 0.000000265. The molecule has 0 bridgehead atoms. The van der Waals surface area contributed by atoms with Crippen molar-refractivity contribution in [3.8, 4) is 0 Å². The van der Waals surface area contributed by atoms with Gasteiger partial charge in [-0.1, -0.05) is 35.3 Å². The quantitative estimate of drug-likeness (QED) is 0.911. The Morgan fingerprint density at radius 3 is 2.47 bits per heavy atom. The van der Waals surface area contributed by atoms with Crippen LogP contribution in [0.25, 0.3) is 0 Å². The van der Waals surface area contributed by atoms with Crippen LogP contribution in [-0.4, -0.2) is 11.1 Å². The lowest BCUT2D eigenvalue weighted by atomic mass is 10.3. The zero-order valence-electron chi connectivity index (χ0n) is 8.54. The fraction of sp³-hybridized carbons (Fsp3) is 0.364.